The molecule has 0 unspecified atom stereocenters. The molecule has 4 N–H and O–H groups in total. The van der Waals surface area contributed by atoms with E-state index in [4.69, 9.17) is 0 Å². The number of hydrogen-bond donors (Lipinski definition) is 4. The first-order chi connectivity index (χ1) is 15.8. The Balaban J connectivity index is 1.94. The maximum absolute atomic E-state index is 12.4. The third kappa shape index (κ3) is 8.10. The van der Waals surface area contributed by atoms with Crippen LogP contribution in [0.4, 0.5) is 11.4 Å². The van der Waals surface area contributed by atoms with Gasteiger partial charge >= 0.3 is 11.9 Å². The van der Waals surface area contributed by atoms with Crippen molar-refractivity contribution in [3.63, 3.8) is 0 Å². The fourth-order valence-corrected chi connectivity index (χ4v) is 11.0. The maximum Gasteiger partial charge on any atom is 0.337 e. The van der Waals surface area contributed by atoms with Gasteiger partial charge in [-0.2, -0.15) is 0 Å². The number of halogens is 6. The minimum absolute atomic E-state index is 0.152. The van der Waals surface area contributed by atoms with Crippen LogP contribution in [0.15, 0.2) is 12.1 Å². The van der Waals surface area contributed by atoms with Crippen LogP contribution in [-0.2, 0) is 9.59 Å². The van der Waals surface area contributed by atoms with Crippen LogP contribution < -0.4 is 10.6 Å². The fraction of sp³-hybridized carbons (Fsp3) is 0.200. The van der Waals surface area contributed by atoms with Gasteiger partial charge in [0.05, 0.1) is 29.6 Å². The van der Waals surface area contributed by atoms with E-state index in [1.807, 2.05) is 90.4 Å². The highest BCUT2D eigenvalue weighted by Crippen LogP contribution is 2.33. The number of amides is 2. The highest BCUT2D eigenvalue weighted by atomic mass is 131. The largest absolute Gasteiger partial charge is 0.478 e. The monoisotopic (exact) mass is 1160 g/mol. The van der Waals surface area contributed by atoms with Gasteiger partial charge in [0.15, 0.2) is 0 Å². The van der Waals surface area contributed by atoms with E-state index in [9.17, 15) is 29.4 Å². The zero-order valence-electron chi connectivity index (χ0n) is 16.8. The predicted molar refractivity (Wildman–Crippen MR) is 179 cm³/mol. The molecular formula is C20H14I6N2O6. The van der Waals surface area contributed by atoms with E-state index < -0.39 is 11.9 Å². The number of hydrogen-bond acceptors (Lipinski definition) is 4. The van der Waals surface area contributed by atoms with Gasteiger partial charge in [-0.3, -0.25) is 9.59 Å². The van der Waals surface area contributed by atoms with Crippen molar-refractivity contribution >= 4 is 171 Å². The highest BCUT2D eigenvalue weighted by Gasteiger charge is 2.22. The molecule has 0 aliphatic rings. The number of carbonyl (C=O) groups is 4. The third-order valence-electron chi connectivity index (χ3n) is 4.35. The molecule has 0 bridgehead atoms. The Kier molecular flexibility index (Phi) is 12.7. The lowest BCUT2D eigenvalue weighted by Gasteiger charge is -2.14. The second kappa shape index (κ2) is 14.0. The van der Waals surface area contributed by atoms with E-state index in [-0.39, 0.29) is 35.8 Å². The topological polar surface area (TPSA) is 133 Å². The van der Waals surface area contributed by atoms with Gasteiger partial charge in [-0.15, -0.1) is 0 Å². The van der Waals surface area contributed by atoms with Crippen LogP contribution in [0.25, 0.3) is 0 Å². The zero-order valence-corrected chi connectivity index (χ0v) is 29.7. The van der Waals surface area contributed by atoms with Crippen molar-refractivity contribution in [3.8, 4) is 0 Å². The van der Waals surface area contributed by atoms with Crippen molar-refractivity contribution in [2.45, 2.75) is 25.7 Å². The number of anilines is 2. The Bertz CT molecular complexity index is 1100. The minimum Gasteiger partial charge on any atom is -0.478 e. The van der Waals surface area contributed by atoms with Gasteiger partial charge in [-0.05, 0) is 161 Å². The summed E-state index contributed by atoms with van der Waals surface area (Å²) in [6.45, 7) is 0. The lowest BCUT2D eigenvalue weighted by atomic mass is 10.1. The van der Waals surface area contributed by atoms with E-state index >= 15 is 0 Å². The van der Waals surface area contributed by atoms with Gasteiger partial charge < -0.3 is 20.8 Å². The number of rotatable bonds is 9. The third-order valence-corrected chi connectivity index (χ3v) is 9.92. The van der Waals surface area contributed by atoms with E-state index in [2.05, 4.69) is 55.8 Å². The molecule has 2 amide bonds. The van der Waals surface area contributed by atoms with Gasteiger partial charge in [-0.25, -0.2) is 9.59 Å². The lowest BCUT2D eigenvalue weighted by Crippen LogP contribution is -2.17. The van der Waals surface area contributed by atoms with Crippen LogP contribution in [0.5, 0.6) is 0 Å². The molecule has 0 saturated carbocycles. The van der Waals surface area contributed by atoms with E-state index in [0.29, 0.717) is 38.5 Å². The summed E-state index contributed by atoms with van der Waals surface area (Å²) < 4.78 is 3.61. The van der Waals surface area contributed by atoms with Crippen molar-refractivity contribution in [2.75, 3.05) is 10.6 Å². The molecule has 34 heavy (non-hydrogen) atoms. The molecule has 0 aliphatic heterocycles. The Labute approximate surface area is 276 Å². The normalized spacial score (nSPS) is 10.6. The second-order valence-electron chi connectivity index (χ2n) is 6.72. The molecule has 0 spiro atoms. The number of nitrogens with one attached hydrogen (secondary N) is 2. The summed E-state index contributed by atoms with van der Waals surface area (Å²) >= 11 is 11.9. The summed E-state index contributed by atoms with van der Waals surface area (Å²) in [5, 5.41) is 24.4. The fourth-order valence-electron chi connectivity index (χ4n) is 2.78. The number of unbranched alkanes of at least 4 members (excludes halogenated alkanes) is 1. The molecule has 182 valence electrons. The number of carbonyl (C=O) groups excluding carboxylic acids is 2. The summed E-state index contributed by atoms with van der Waals surface area (Å²) in [5.41, 5.74) is 1.25. The van der Waals surface area contributed by atoms with Gasteiger partial charge in [0.2, 0.25) is 11.8 Å². The number of benzene rings is 2. The number of carboxylic acid groups (broad SMARTS) is 2. The predicted octanol–water partition coefficient (Wildman–Crippen LogP) is 6.85. The standard InChI is InChI=1S/C20H14I6N2O6/c21-7-5-9(23)17(15(25)13(7)19(31)32)27-11(29)3-1-2-4-12(30)28-18-10(24)6-8(22)14(16(18)26)20(33)34/h5-6H,1-4H2,(H,27,29)(H,28,30)(H,31,32)(H,33,34)/i21+4,22+4,23+4,24+4,25+4,26+4. The van der Waals surface area contributed by atoms with Gasteiger partial charge in [0, 0.05) is 27.1 Å². The molecule has 8 nitrogen and oxygen atoms in total. The molecule has 0 fully saturated rings. The lowest BCUT2D eigenvalue weighted by molar-refractivity contribution is -0.118. The Morgan fingerprint density at radius 3 is 1.24 bits per heavy atom. The average molecular weight is 1160 g/mol. The summed E-state index contributed by atoms with van der Waals surface area (Å²) in [4.78, 5) is 47.9. The van der Waals surface area contributed by atoms with Crippen molar-refractivity contribution < 1.29 is 29.4 Å². The number of aromatic carboxylic acids is 2. The highest BCUT2D eigenvalue weighted by molar-refractivity contribution is 14.1. The SMILES string of the molecule is O=C(CCCCC(=O)Nc1c([131I])cc([131I])c(C(=O)O)c1[131I])Nc1c([131I])cc([131I])c(C(=O)O)c1[131I]. The van der Waals surface area contributed by atoms with E-state index in [0.717, 1.165) is 7.14 Å². The summed E-state index contributed by atoms with van der Waals surface area (Å²) in [7, 11) is 0. The average Bonchev–Trinajstić information content (AvgIpc) is 2.70. The Morgan fingerprint density at radius 2 is 0.941 bits per heavy atom. The molecule has 2 aromatic carbocycles. The van der Waals surface area contributed by atoms with Crippen LogP contribution >= 0.6 is 136 Å². The van der Waals surface area contributed by atoms with Crippen molar-refractivity contribution in [2.24, 2.45) is 0 Å². The summed E-state index contributed by atoms with van der Waals surface area (Å²) in [6, 6.07) is 3.41. The van der Waals surface area contributed by atoms with Gasteiger partial charge in [0.25, 0.3) is 0 Å². The van der Waals surface area contributed by atoms with Gasteiger partial charge in [-0.1, -0.05) is 0 Å². The van der Waals surface area contributed by atoms with Gasteiger partial charge in [0.1, 0.15) is 0 Å². The summed E-state index contributed by atoms with van der Waals surface area (Å²) in [5.74, 6) is -2.64. The molecule has 0 heterocycles. The zero-order chi connectivity index (χ0) is 25.7. The molecule has 2 aromatic rings. The van der Waals surface area contributed by atoms with Crippen molar-refractivity contribution in [1.82, 2.24) is 0 Å². The quantitative estimate of drug-likeness (QED) is 0.161. The maximum atomic E-state index is 12.4. The second-order valence-corrected chi connectivity index (χ2v) is 13.5. The van der Waals surface area contributed by atoms with E-state index in [1.54, 1.807) is 12.1 Å². The molecular weight excluding hydrogens is 1150 g/mol. The van der Waals surface area contributed by atoms with E-state index in [1.165, 1.54) is 0 Å². The number of carboxylic acids is 2. The molecule has 0 saturated heterocycles. The van der Waals surface area contributed by atoms with Crippen LogP contribution in [0.1, 0.15) is 46.4 Å². The minimum atomic E-state index is -1.06. The molecule has 0 aromatic heterocycles. The Morgan fingerprint density at radius 1 is 0.618 bits per heavy atom. The molecule has 14 heteroatoms. The van der Waals surface area contributed by atoms with Crippen molar-refractivity contribution in [1.29, 1.82) is 0 Å². The molecule has 0 atom stereocenters. The van der Waals surface area contributed by atoms with Crippen molar-refractivity contribution in [3.05, 3.63) is 44.7 Å². The summed E-state index contributed by atoms with van der Waals surface area (Å²) in [6.07, 6.45) is 1.28. The van der Waals surface area contributed by atoms with Crippen LogP contribution in [0.3, 0.4) is 0 Å². The smallest absolute Gasteiger partial charge is 0.337 e. The van der Waals surface area contributed by atoms with Crippen LogP contribution in [0, 0.1) is 21.4 Å². The first-order valence-corrected chi connectivity index (χ1v) is 15.7. The molecule has 0 radical (unpaired) electrons. The molecule has 0 aliphatic carbocycles. The van der Waals surface area contributed by atoms with Crippen LogP contribution in [0.2, 0.25) is 0 Å². The first-order valence-electron chi connectivity index (χ1n) is 9.26. The first kappa shape index (κ1) is 30.9. The molecule has 2 rings (SSSR count). The van der Waals surface area contributed by atoms with Crippen LogP contribution in [-0.4, -0.2) is 34.0 Å². The Hall–Kier alpha value is 0.700.